The van der Waals surface area contributed by atoms with Crippen molar-refractivity contribution in [3.8, 4) is 22.6 Å². The molecule has 28 heavy (non-hydrogen) atoms. The lowest BCUT2D eigenvalue weighted by Gasteiger charge is -2.26. The van der Waals surface area contributed by atoms with E-state index in [1.165, 1.54) is 0 Å². The van der Waals surface area contributed by atoms with Gasteiger partial charge in [-0.25, -0.2) is 4.68 Å². The summed E-state index contributed by atoms with van der Waals surface area (Å²) in [5.74, 6) is 0.294. The summed E-state index contributed by atoms with van der Waals surface area (Å²) in [6.07, 6.45) is 8.55. The molecule has 0 spiro atoms. The van der Waals surface area contributed by atoms with Crippen molar-refractivity contribution in [2.75, 3.05) is 11.9 Å². The van der Waals surface area contributed by atoms with E-state index in [4.69, 9.17) is 1.37 Å². The molecule has 1 aliphatic rings. The Bertz CT molecular complexity index is 944. The molecule has 0 aliphatic heterocycles. The quantitative estimate of drug-likeness (QED) is 0.603. The molecule has 0 unspecified atom stereocenters. The third-order valence-electron chi connectivity index (χ3n) is 5.26. The van der Waals surface area contributed by atoms with E-state index in [9.17, 15) is 5.11 Å². The van der Waals surface area contributed by atoms with Crippen LogP contribution in [0, 0.1) is 5.92 Å². The summed E-state index contributed by atoms with van der Waals surface area (Å²) in [5, 5.41) is 21.5. The van der Waals surface area contributed by atoms with Gasteiger partial charge in [0.15, 0.2) is 0 Å². The number of H-pyrrole nitrogens is 1. The zero-order chi connectivity index (χ0) is 20.4. The average Bonchev–Trinajstić information content (AvgIpc) is 3.41. The Kier molecular flexibility index (Phi) is 5.07. The molecule has 3 aromatic heterocycles. The average molecular weight is 382 g/mol. The molecule has 1 fully saturated rings. The Labute approximate surface area is 166 Å². The van der Waals surface area contributed by atoms with E-state index in [0.29, 0.717) is 24.5 Å². The molecule has 4 rings (SSSR count). The lowest BCUT2D eigenvalue weighted by atomic mass is 9.87. The fourth-order valence-electron chi connectivity index (χ4n) is 3.69. The van der Waals surface area contributed by atoms with Gasteiger partial charge in [-0.1, -0.05) is 5.21 Å². The Morgan fingerprint density at radius 3 is 2.82 bits per heavy atom. The number of nitrogens with zero attached hydrogens (tertiary/aromatic N) is 4. The minimum atomic E-state index is -0.805. The zero-order valence-corrected chi connectivity index (χ0v) is 16.4. The maximum atomic E-state index is 9.37. The number of aromatic nitrogens is 5. The Morgan fingerprint density at radius 2 is 2.14 bits per heavy atom. The van der Waals surface area contributed by atoms with E-state index in [1.807, 2.05) is 36.8 Å². The van der Waals surface area contributed by atoms with E-state index in [-0.39, 0.29) is 12.6 Å². The number of aromatic amines is 1. The van der Waals surface area contributed by atoms with Crippen molar-refractivity contribution >= 4 is 5.69 Å². The van der Waals surface area contributed by atoms with Crippen LogP contribution in [-0.2, 0) is 0 Å². The van der Waals surface area contributed by atoms with Crippen LogP contribution < -0.4 is 5.32 Å². The van der Waals surface area contributed by atoms with Crippen molar-refractivity contribution in [3.63, 3.8) is 0 Å². The van der Waals surface area contributed by atoms with Crippen molar-refractivity contribution < 1.29 is 6.48 Å². The van der Waals surface area contributed by atoms with Gasteiger partial charge in [-0.15, -0.1) is 5.10 Å². The Hall–Kier alpha value is -2.67. The highest BCUT2D eigenvalue weighted by atomic mass is 16.3. The van der Waals surface area contributed by atoms with Crippen LogP contribution in [0.25, 0.3) is 22.6 Å². The monoisotopic (exact) mass is 381 g/mol. The minimum Gasteiger partial charge on any atom is -0.396 e. The van der Waals surface area contributed by atoms with Gasteiger partial charge in [0.05, 0.1) is 25.0 Å². The van der Waals surface area contributed by atoms with Gasteiger partial charge in [0, 0.05) is 36.3 Å². The fourth-order valence-corrected chi connectivity index (χ4v) is 3.69. The summed E-state index contributed by atoms with van der Waals surface area (Å²) in [6, 6.07) is 5.40. The molecule has 0 atom stereocenters. The highest BCUT2D eigenvalue weighted by Crippen LogP contribution is 2.34. The summed E-state index contributed by atoms with van der Waals surface area (Å²) in [6.45, 7) is 4.38. The van der Waals surface area contributed by atoms with Crippen LogP contribution >= 0.6 is 0 Å². The molecule has 0 saturated heterocycles. The zero-order valence-electron chi connectivity index (χ0n) is 17.4. The summed E-state index contributed by atoms with van der Waals surface area (Å²) < 4.78 is 10.5. The van der Waals surface area contributed by atoms with Crippen molar-refractivity contribution in [2.24, 2.45) is 5.92 Å². The van der Waals surface area contributed by atoms with E-state index in [0.717, 1.165) is 35.5 Å². The molecule has 0 amide bonds. The Morgan fingerprint density at radius 1 is 1.32 bits per heavy atom. The smallest absolute Gasteiger partial charge is 0.116 e. The molecule has 1 aliphatic carbocycles. The van der Waals surface area contributed by atoms with E-state index >= 15 is 0 Å². The molecule has 0 aromatic carbocycles. The highest BCUT2D eigenvalue weighted by Gasteiger charge is 2.23. The standard InChI is InChI=1S/C21H28N6O/c1-14(2)24-19-10-20(18-4-3-9-22-18)23-11-17(19)21-12-27(26-25-21)16-7-5-15(13-28)6-8-16/h3-4,9-12,14-16,22,28H,5-8,13H2,1-2H3,(H,23,24)/i16D. The van der Waals surface area contributed by atoms with Crippen LogP contribution in [0.1, 0.15) is 46.9 Å². The molecule has 148 valence electrons. The van der Waals surface area contributed by atoms with E-state index < -0.39 is 6.02 Å². The van der Waals surface area contributed by atoms with Gasteiger partial charge in [-0.2, -0.15) is 0 Å². The number of nitrogens with one attached hydrogen (secondary N) is 2. The molecular weight excluding hydrogens is 352 g/mol. The first-order chi connectivity index (χ1) is 14.0. The third kappa shape index (κ3) is 3.94. The second-order valence-corrected chi connectivity index (χ2v) is 7.74. The summed E-state index contributed by atoms with van der Waals surface area (Å²) in [4.78, 5) is 7.79. The minimum absolute atomic E-state index is 0.196. The molecule has 7 heteroatoms. The van der Waals surface area contributed by atoms with Gasteiger partial charge in [0.2, 0.25) is 0 Å². The first-order valence-corrected chi connectivity index (χ1v) is 9.93. The molecule has 0 bridgehead atoms. The number of hydrogen-bond acceptors (Lipinski definition) is 5. The van der Waals surface area contributed by atoms with Gasteiger partial charge >= 0.3 is 0 Å². The number of hydrogen-bond donors (Lipinski definition) is 3. The van der Waals surface area contributed by atoms with Crippen LogP contribution in [0.15, 0.2) is 36.8 Å². The summed E-state index contributed by atoms with van der Waals surface area (Å²) in [7, 11) is 0. The molecular formula is C21H28N6O. The molecule has 3 heterocycles. The van der Waals surface area contributed by atoms with Crippen LogP contribution in [-0.4, -0.2) is 42.7 Å². The van der Waals surface area contributed by atoms with Gasteiger partial charge in [0.1, 0.15) is 5.69 Å². The highest BCUT2D eigenvalue weighted by molar-refractivity contribution is 5.78. The van der Waals surface area contributed by atoms with Gasteiger partial charge in [0.25, 0.3) is 0 Å². The first kappa shape index (κ1) is 17.4. The maximum absolute atomic E-state index is 9.37. The molecule has 0 radical (unpaired) electrons. The van der Waals surface area contributed by atoms with Crippen LogP contribution in [0.2, 0.25) is 0 Å². The lowest BCUT2D eigenvalue weighted by Crippen LogP contribution is -2.20. The number of pyridine rings is 1. The second-order valence-electron chi connectivity index (χ2n) is 7.74. The fraction of sp³-hybridized carbons (Fsp3) is 0.476. The topological polar surface area (TPSA) is 91.7 Å². The van der Waals surface area contributed by atoms with Gasteiger partial charge in [-0.05, 0) is 63.6 Å². The van der Waals surface area contributed by atoms with Gasteiger partial charge in [-0.3, -0.25) is 4.98 Å². The number of rotatable bonds is 6. The van der Waals surface area contributed by atoms with Crippen LogP contribution in [0.4, 0.5) is 5.69 Å². The largest absolute Gasteiger partial charge is 0.396 e. The normalized spacial score (nSPS) is 23.0. The van der Waals surface area contributed by atoms with Crippen LogP contribution in [0.5, 0.6) is 0 Å². The van der Waals surface area contributed by atoms with Crippen molar-refractivity contribution in [1.82, 2.24) is 25.0 Å². The number of anilines is 1. The SMILES string of the molecule is [2H]C1(n2cc(-c3cnc(-c4ccc[nH]4)cc3NC(C)C)nn2)CCC(CO)CC1. The summed E-state index contributed by atoms with van der Waals surface area (Å²) in [5.41, 5.74) is 4.32. The molecule has 7 nitrogen and oxygen atoms in total. The van der Waals surface area contributed by atoms with Gasteiger partial charge < -0.3 is 15.4 Å². The Balaban J connectivity index is 1.64. The molecule has 3 N–H and O–H groups in total. The predicted octanol–water partition coefficient (Wildman–Crippen LogP) is 3.88. The van der Waals surface area contributed by atoms with Crippen LogP contribution in [0.3, 0.4) is 0 Å². The van der Waals surface area contributed by atoms with E-state index in [2.05, 4.69) is 39.4 Å². The number of aliphatic hydroxyl groups excluding tert-OH is 1. The predicted molar refractivity (Wildman–Crippen MR) is 110 cm³/mol. The van der Waals surface area contributed by atoms with Crippen molar-refractivity contribution in [3.05, 3.63) is 36.8 Å². The third-order valence-corrected chi connectivity index (χ3v) is 5.26. The lowest BCUT2D eigenvalue weighted by molar-refractivity contribution is 0.164. The maximum Gasteiger partial charge on any atom is 0.116 e. The van der Waals surface area contributed by atoms with Crippen molar-refractivity contribution in [1.29, 1.82) is 0 Å². The number of aliphatic hydroxyl groups is 1. The van der Waals surface area contributed by atoms with Crippen molar-refractivity contribution in [2.45, 2.75) is 51.6 Å². The molecule has 1 saturated carbocycles. The van der Waals surface area contributed by atoms with E-state index in [1.54, 1.807) is 4.68 Å². The molecule has 3 aromatic rings. The first-order valence-electron chi connectivity index (χ1n) is 10.4. The summed E-state index contributed by atoms with van der Waals surface area (Å²) >= 11 is 0. The second kappa shape index (κ2) is 8.14.